The molecule has 1 fully saturated rings. The number of methoxy groups -OCH3 is 1. The summed E-state index contributed by atoms with van der Waals surface area (Å²) < 4.78 is 10.7. The predicted molar refractivity (Wildman–Crippen MR) is 128 cm³/mol. The molecular formula is C25H22ClNO5S. The molecule has 2 aromatic carbocycles. The van der Waals surface area contributed by atoms with Gasteiger partial charge in [0, 0.05) is 17.0 Å². The minimum Gasteiger partial charge on any atom is -0.507 e. The second kappa shape index (κ2) is 9.68. The van der Waals surface area contributed by atoms with Gasteiger partial charge in [-0.05, 0) is 54.3 Å². The second-order valence-electron chi connectivity index (χ2n) is 7.37. The molecule has 33 heavy (non-hydrogen) atoms. The zero-order chi connectivity index (χ0) is 23.5. The van der Waals surface area contributed by atoms with Crippen molar-refractivity contribution in [3.05, 3.63) is 86.6 Å². The molecule has 6 nitrogen and oxygen atoms in total. The lowest BCUT2D eigenvalue weighted by atomic mass is 9.99. The molecule has 3 aromatic rings. The molecule has 0 saturated carbocycles. The zero-order valence-electron chi connectivity index (χ0n) is 18.1. The van der Waals surface area contributed by atoms with Crippen LogP contribution in [0.25, 0.3) is 5.76 Å². The molecule has 1 N–H and O–H groups in total. The molecule has 8 heteroatoms. The highest BCUT2D eigenvalue weighted by molar-refractivity contribution is 7.10. The van der Waals surface area contributed by atoms with Crippen LogP contribution in [0.1, 0.15) is 29.0 Å². The Balaban J connectivity index is 1.79. The molecule has 1 aromatic heterocycles. The Morgan fingerprint density at radius 2 is 1.91 bits per heavy atom. The first kappa shape index (κ1) is 22.9. The van der Waals surface area contributed by atoms with Crippen molar-refractivity contribution in [3.63, 3.8) is 0 Å². The Labute approximate surface area is 200 Å². The molecule has 0 radical (unpaired) electrons. The van der Waals surface area contributed by atoms with Crippen molar-refractivity contribution in [1.82, 2.24) is 4.90 Å². The fourth-order valence-corrected chi connectivity index (χ4v) is 4.80. The summed E-state index contributed by atoms with van der Waals surface area (Å²) in [5, 5.41) is 13.4. The number of hydrogen-bond acceptors (Lipinski definition) is 6. The highest BCUT2D eigenvalue weighted by Gasteiger charge is 2.46. The summed E-state index contributed by atoms with van der Waals surface area (Å²) in [6.45, 7) is 2.43. The molecule has 170 valence electrons. The average Bonchev–Trinajstić information content (AvgIpc) is 3.43. The molecular weight excluding hydrogens is 462 g/mol. The zero-order valence-corrected chi connectivity index (χ0v) is 19.7. The van der Waals surface area contributed by atoms with Gasteiger partial charge in [-0.3, -0.25) is 9.59 Å². The highest BCUT2D eigenvalue weighted by Crippen LogP contribution is 2.42. The first-order chi connectivity index (χ1) is 15.9. The van der Waals surface area contributed by atoms with E-state index in [0.29, 0.717) is 28.7 Å². The van der Waals surface area contributed by atoms with E-state index in [1.165, 1.54) is 16.2 Å². The molecule has 0 spiro atoms. The maximum absolute atomic E-state index is 13.1. The van der Waals surface area contributed by atoms with Crippen LogP contribution in [0.3, 0.4) is 0 Å². The van der Waals surface area contributed by atoms with Crippen LogP contribution in [0.5, 0.6) is 11.5 Å². The third kappa shape index (κ3) is 4.47. The summed E-state index contributed by atoms with van der Waals surface area (Å²) >= 11 is 7.59. The van der Waals surface area contributed by atoms with E-state index in [2.05, 4.69) is 0 Å². The molecule has 2 heterocycles. The van der Waals surface area contributed by atoms with Gasteiger partial charge in [0.05, 0.1) is 30.4 Å². The highest BCUT2D eigenvalue weighted by atomic mass is 35.5. The van der Waals surface area contributed by atoms with Gasteiger partial charge in [-0.2, -0.15) is 0 Å². The first-order valence-electron chi connectivity index (χ1n) is 10.3. The molecule has 0 bridgehead atoms. The Kier molecular flexibility index (Phi) is 6.72. The maximum Gasteiger partial charge on any atom is 0.295 e. The lowest BCUT2D eigenvalue weighted by Crippen LogP contribution is -2.28. The van der Waals surface area contributed by atoms with Gasteiger partial charge in [-0.25, -0.2) is 0 Å². The number of nitrogens with zero attached hydrogens (tertiary/aromatic N) is 1. The molecule has 1 aliphatic rings. The summed E-state index contributed by atoms with van der Waals surface area (Å²) in [5.74, 6) is -0.564. The lowest BCUT2D eigenvalue weighted by molar-refractivity contribution is -0.140. The van der Waals surface area contributed by atoms with E-state index in [1.54, 1.807) is 37.4 Å². The van der Waals surface area contributed by atoms with Gasteiger partial charge in [0.2, 0.25) is 0 Å². The topological polar surface area (TPSA) is 76.1 Å². The summed E-state index contributed by atoms with van der Waals surface area (Å²) in [5.41, 5.74) is 1.23. The number of carbonyl (C=O) groups excluding carboxylic acids is 2. The monoisotopic (exact) mass is 483 g/mol. The number of hydrogen-bond donors (Lipinski definition) is 1. The average molecular weight is 484 g/mol. The minimum absolute atomic E-state index is 0.0423. The van der Waals surface area contributed by atoms with Crippen LogP contribution in [0.15, 0.2) is 65.6 Å². The number of halogens is 1. The lowest BCUT2D eigenvalue weighted by Gasteiger charge is -2.24. The van der Waals surface area contributed by atoms with Crippen LogP contribution in [0, 0.1) is 0 Å². The van der Waals surface area contributed by atoms with Crippen molar-refractivity contribution in [2.75, 3.05) is 13.7 Å². The third-order valence-corrected chi connectivity index (χ3v) is 6.61. The van der Waals surface area contributed by atoms with Gasteiger partial charge in [0.15, 0.2) is 0 Å². The number of rotatable bonds is 7. The number of amides is 1. The molecule has 1 unspecified atom stereocenters. The van der Waals surface area contributed by atoms with Crippen LogP contribution in [-0.4, -0.2) is 35.4 Å². The van der Waals surface area contributed by atoms with Crippen molar-refractivity contribution < 1.29 is 24.2 Å². The van der Waals surface area contributed by atoms with Crippen LogP contribution in [0.4, 0.5) is 0 Å². The van der Waals surface area contributed by atoms with E-state index < -0.39 is 17.7 Å². The summed E-state index contributed by atoms with van der Waals surface area (Å²) in [7, 11) is 1.58. The van der Waals surface area contributed by atoms with Crippen LogP contribution in [-0.2, 0) is 16.1 Å². The minimum atomic E-state index is -0.729. The van der Waals surface area contributed by atoms with Gasteiger partial charge in [0.25, 0.3) is 11.7 Å². The quantitative estimate of drug-likeness (QED) is 0.275. The number of benzene rings is 2. The summed E-state index contributed by atoms with van der Waals surface area (Å²) in [6.07, 6.45) is 0. The summed E-state index contributed by atoms with van der Waals surface area (Å²) in [6, 6.07) is 15.0. The molecule has 4 rings (SSSR count). The number of Topliss-reactive ketones (excluding diaryl/α,β-unsaturated/α-hetero) is 1. The van der Waals surface area contributed by atoms with E-state index in [-0.39, 0.29) is 17.9 Å². The van der Waals surface area contributed by atoms with Crippen LogP contribution < -0.4 is 9.47 Å². The van der Waals surface area contributed by atoms with Crippen molar-refractivity contribution in [2.45, 2.75) is 19.5 Å². The number of likely N-dealkylation sites (tertiary alicyclic amines) is 1. The maximum atomic E-state index is 13.1. The molecule has 1 amide bonds. The predicted octanol–water partition coefficient (Wildman–Crippen LogP) is 5.43. The Morgan fingerprint density at radius 1 is 1.15 bits per heavy atom. The van der Waals surface area contributed by atoms with E-state index >= 15 is 0 Å². The van der Waals surface area contributed by atoms with Crippen molar-refractivity contribution >= 4 is 40.4 Å². The Morgan fingerprint density at radius 3 is 2.55 bits per heavy atom. The smallest absolute Gasteiger partial charge is 0.295 e. The molecule has 1 aliphatic heterocycles. The van der Waals surface area contributed by atoms with Gasteiger partial charge in [0.1, 0.15) is 17.3 Å². The van der Waals surface area contributed by atoms with E-state index in [0.717, 1.165) is 10.4 Å². The van der Waals surface area contributed by atoms with E-state index in [4.69, 9.17) is 21.1 Å². The summed E-state index contributed by atoms with van der Waals surface area (Å²) in [4.78, 5) is 28.5. The standard InChI is InChI=1S/C25H22ClNO5S/c1-3-32-19-13-16(8-11-18(19)26)23(28)21-22(20-5-4-12-33-20)27(25(30)24(21)29)14-15-6-9-17(31-2)10-7-15/h4-13,22,28H,3,14H2,1-2H3/b23-21-. The Bertz CT molecular complexity index is 1200. The van der Waals surface area contributed by atoms with E-state index in [9.17, 15) is 14.7 Å². The van der Waals surface area contributed by atoms with Crippen molar-refractivity contribution in [3.8, 4) is 11.5 Å². The van der Waals surface area contributed by atoms with Crippen molar-refractivity contribution in [1.29, 1.82) is 0 Å². The number of ketones is 1. The van der Waals surface area contributed by atoms with Crippen LogP contribution >= 0.6 is 22.9 Å². The number of carbonyl (C=O) groups is 2. The number of aliphatic hydroxyl groups excluding tert-OH is 1. The van der Waals surface area contributed by atoms with Gasteiger partial charge < -0.3 is 19.5 Å². The number of ether oxygens (including phenoxy) is 2. The molecule has 1 atom stereocenters. The molecule has 0 aliphatic carbocycles. The van der Waals surface area contributed by atoms with Crippen molar-refractivity contribution in [2.24, 2.45) is 0 Å². The largest absolute Gasteiger partial charge is 0.507 e. The van der Waals surface area contributed by atoms with Gasteiger partial charge in [-0.1, -0.05) is 29.8 Å². The third-order valence-electron chi connectivity index (χ3n) is 5.37. The van der Waals surface area contributed by atoms with Crippen LogP contribution in [0.2, 0.25) is 5.02 Å². The fraction of sp³-hybridized carbons (Fsp3) is 0.200. The van der Waals surface area contributed by atoms with Gasteiger partial charge in [-0.15, -0.1) is 11.3 Å². The normalized spacial score (nSPS) is 17.4. The fourth-order valence-electron chi connectivity index (χ4n) is 3.79. The second-order valence-corrected chi connectivity index (χ2v) is 8.76. The number of aliphatic hydroxyl groups is 1. The Hall–Kier alpha value is -3.29. The first-order valence-corrected chi connectivity index (χ1v) is 11.6. The molecule has 1 saturated heterocycles. The number of thiophene rings is 1. The van der Waals surface area contributed by atoms with E-state index in [1.807, 2.05) is 36.6 Å². The van der Waals surface area contributed by atoms with Gasteiger partial charge >= 0.3 is 0 Å². The SMILES string of the molecule is CCOc1cc(/C(O)=C2/C(=O)C(=O)N(Cc3ccc(OC)cc3)C2c2cccs2)ccc1Cl.